The first kappa shape index (κ1) is 14.8. The van der Waals surface area contributed by atoms with Gasteiger partial charge >= 0.3 is 0 Å². The molecule has 1 amide bonds. The van der Waals surface area contributed by atoms with Crippen molar-refractivity contribution >= 4 is 45.6 Å². The van der Waals surface area contributed by atoms with E-state index < -0.39 is 0 Å². The lowest BCUT2D eigenvalue weighted by molar-refractivity contribution is -0.113. The van der Waals surface area contributed by atoms with E-state index in [2.05, 4.69) is 21.2 Å². The van der Waals surface area contributed by atoms with Gasteiger partial charge in [0.25, 0.3) is 0 Å². The summed E-state index contributed by atoms with van der Waals surface area (Å²) in [5.41, 5.74) is 1.37. The van der Waals surface area contributed by atoms with Crippen LogP contribution in [0.4, 0.5) is 5.69 Å². The zero-order valence-corrected chi connectivity index (χ0v) is 12.9. The zero-order chi connectivity index (χ0) is 14.4. The van der Waals surface area contributed by atoms with Gasteiger partial charge in [0.1, 0.15) is 6.29 Å². The molecule has 2 aromatic rings. The summed E-state index contributed by atoms with van der Waals surface area (Å²) in [5.74, 6) is 0.221. The molecule has 3 nitrogen and oxygen atoms in total. The summed E-state index contributed by atoms with van der Waals surface area (Å²) in [6.07, 6.45) is 0.797. The molecule has 20 heavy (non-hydrogen) atoms. The van der Waals surface area contributed by atoms with Crippen LogP contribution < -0.4 is 5.32 Å². The van der Waals surface area contributed by atoms with Gasteiger partial charge in [-0.15, -0.1) is 11.8 Å². The molecular weight excluding hydrogens is 338 g/mol. The van der Waals surface area contributed by atoms with E-state index in [-0.39, 0.29) is 5.91 Å². The smallest absolute Gasteiger partial charge is 0.234 e. The summed E-state index contributed by atoms with van der Waals surface area (Å²) in [6, 6.07) is 14.6. The van der Waals surface area contributed by atoms with Gasteiger partial charge in [-0.1, -0.05) is 34.1 Å². The largest absolute Gasteiger partial charge is 0.325 e. The van der Waals surface area contributed by atoms with Crippen LogP contribution in [0.5, 0.6) is 0 Å². The second kappa shape index (κ2) is 7.26. The van der Waals surface area contributed by atoms with E-state index in [9.17, 15) is 9.59 Å². The summed E-state index contributed by atoms with van der Waals surface area (Å²) in [7, 11) is 0. The number of amides is 1. The molecule has 0 heterocycles. The van der Waals surface area contributed by atoms with Gasteiger partial charge in [-0.3, -0.25) is 9.59 Å². The minimum Gasteiger partial charge on any atom is -0.325 e. The van der Waals surface area contributed by atoms with Crippen molar-refractivity contribution in [2.75, 3.05) is 11.1 Å². The number of carbonyl (C=O) groups is 2. The number of anilines is 1. The first-order valence-electron chi connectivity index (χ1n) is 5.91. The quantitative estimate of drug-likeness (QED) is 0.655. The first-order valence-corrected chi connectivity index (χ1v) is 7.69. The maximum absolute atomic E-state index is 11.8. The molecule has 0 aliphatic carbocycles. The van der Waals surface area contributed by atoms with Crippen molar-refractivity contribution in [3.8, 4) is 0 Å². The fourth-order valence-corrected chi connectivity index (χ4v) is 2.75. The van der Waals surface area contributed by atoms with Crippen LogP contribution in [-0.2, 0) is 4.79 Å². The number of hydrogen-bond acceptors (Lipinski definition) is 3. The fraction of sp³-hybridized carbons (Fsp3) is 0.0667. The molecule has 102 valence electrons. The Labute approximate surface area is 129 Å². The van der Waals surface area contributed by atoms with Gasteiger partial charge < -0.3 is 5.32 Å². The van der Waals surface area contributed by atoms with Crippen LogP contribution in [0.3, 0.4) is 0 Å². The second-order valence-corrected chi connectivity index (χ2v) is 6.00. The molecule has 2 rings (SSSR count). The van der Waals surface area contributed by atoms with E-state index in [1.165, 1.54) is 11.8 Å². The molecule has 0 unspecified atom stereocenters. The molecule has 0 aliphatic heterocycles. The zero-order valence-electron chi connectivity index (χ0n) is 10.5. The van der Waals surface area contributed by atoms with Gasteiger partial charge in [0.2, 0.25) is 5.91 Å². The van der Waals surface area contributed by atoms with E-state index in [4.69, 9.17) is 0 Å². The molecular formula is C15H12BrNO2S. The van der Waals surface area contributed by atoms with Crippen molar-refractivity contribution < 1.29 is 9.59 Å². The van der Waals surface area contributed by atoms with E-state index in [0.717, 1.165) is 21.3 Å². The summed E-state index contributed by atoms with van der Waals surface area (Å²) in [4.78, 5) is 23.4. The Morgan fingerprint density at radius 3 is 2.75 bits per heavy atom. The summed E-state index contributed by atoms with van der Waals surface area (Å²) in [6.45, 7) is 0. The molecule has 0 fully saturated rings. The topological polar surface area (TPSA) is 46.2 Å². The molecule has 0 radical (unpaired) electrons. The van der Waals surface area contributed by atoms with Gasteiger partial charge in [0.15, 0.2) is 0 Å². The Kier molecular flexibility index (Phi) is 5.38. The molecule has 0 aromatic heterocycles. The van der Waals surface area contributed by atoms with Crippen molar-refractivity contribution in [2.24, 2.45) is 0 Å². The third-order valence-electron chi connectivity index (χ3n) is 2.47. The van der Waals surface area contributed by atoms with Crippen LogP contribution in [0.25, 0.3) is 0 Å². The maximum atomic E-state index is 11.8. The highest BCUT2D eigenvalue weighted by Gasteiger charge is 2.04. The summed E-state index contributed by atoms with van der Waals surface area (Å²) >= 11 is 4.75. The third kappa shape index (κ3) is 4.51. The van der Waals surface area contributed by atoms with Crippen molar-refractivity contribution in [3.05, 3.63) is 58.6 Å². The Morgan fingerprint density at radius 1 is 1.20 bits per heavy atom. The molecule has 0 atom stereocenters. The highest BCUT2D eigenvalue weighted by atomic mass is 79.9. The van der Waals surface area contributed by atoms with Gasteiger partial charge in [-0.25, -0.2) is 0 Å². The van der Waals surface area contributed by atoms with Crippen LogP contribution in [0.1, 0.15) is 10.4 Å². The average Bonchev–Trinajstić information content (AvgIpc) is 2.45. The van der Waals surface area contributed by atoms with E-state index in [1.807, 2.05) is 30.3 Å². The summed E-state index contributed by atoms with van der Waals surface area (Å²) < 4.78 is 0.918. The molecule has 0 saturated carbocycles. The number of benzene rings is 2. The van der Waals surface area contributed by atoms with Crippen molar-refractivity contribution in [3.63, 3.8) is 0 Å². The van der Waals surface area contributed by atoms with E-state index in [0.29, 0.717) is 11.3 Å². The SMILES string of the molecule is O=Cc1cccc(SCC(=O)Nc2cccc(Br)c2)c1. The lowest BCUT2D eigenvalue weighted by Crippen LogP contribution is -2.13. The number of aldehydes is 1. The number of nitrogens with one attached hydrogen (secondary N) is 1. The van der Waals surface area contributed by atoms with Gasteiger partial charge in [-0.2, -0.15) is 0 Å². The van der Waals surface area contributed by atoms with E-state index >= 15 is 0 Å². The van der Waals surface area contributed by atoms with Crippen LogP contribution >= 0.6 is 27.7 Å². The van der Waals surface area contributed by atoms with Crippen LogP contribution in [-0.4, -0.2) is 17.9 Å². The van der Waals surface area contributed by atoms with Gasteiger partial charge in [-0.05, 0) is 30.3 Å². The third-order valence-corrected chi connectivity index (χ3v) is 3.96. The maximum Gasteiger partial charge on any atom is 0.234 e. The van der Waals surface area contributed by atoms with Crippen molar-refractivity contribution in [1.29, 1.82) is 0 Å². The Balaban J connectivity index is 1.90. The van der Waals surface area contributed by atoms with Gasteiger partial charge in [0.05, 0.1) is 5.75 Å². The lowest BCUT2D eigenvalue weighted by atomic mass is 10.2. The molecule has 0 saturated heterocycles. The molecule has 0 bridgehead atoms. The van der Waals surface area contributed by atoms with Crippen LogP contribution in [0.15, 0.2) is 57.9 Å². The Bertz CT molecular complexity index is 631. The summed E-state index contributed by atoms with van der Waals surface area (Å²) in [5, 5.41) is 2.82. The fourth-order valence-electron chi connectivity index (χ4n) is 1.59. The molecule has 2 aromatic carbocycles. The van der Waals surface area contributed by atoms with Crippen LogP contribution in [0.2, 0.25) is 0 Å². The number of carbonyl (C=O) groups excluding carboxylic acids is 2. The molecule has 0 aliphatic rings. The minimum absolute atomic E-state index is 0.0791. The Hall–Kier alpha value is -1.59. The molecule has 5 heteroatoms. The predicted octanol–water partition coefficient (Wildman–Crippen LogP) is 3.99. The highest BCUT2D eigenvalue weighted by molar-refractivity contribution is 9.10. The van der Waals surface area contributed by atoms with Gasteiger partial charge in [0, 0.05) is 20.6 Å². The highest BCUT2D eigenvalue weighted by Crippen LogP contribution is 2.20. The standard InChI is InChI=1S/C15H12BrNO2S/c16-12-4-2-5-13(8-12)17-15(19)10-20-14-6-1-3-11(7-14)9-18/h1-9H,10H2,(H,17,19). The van der Waals surface area contributed by atoms with Crippen molar-refractivity contribution in [2.45, 2.75) is 4.90 Å². The number of rotatable bonds is 5. The minimum atomic E-state index is -0.0791. The second-order valence-electron chi connectivity index (χ2n) is 4.04. The molecule has 1 N–H and O–H groups in total. The number of hydrogen-bond donors (Lipinski definition) is 1. The van der Waals surface area contributed by atoms with E-state index in [1.54, 1.807) is 18.2 Å². The number of thioether (sulfide) groups is 1. The lowest BCUT2D eigenvalue weighted by Gasteiger charge is -2.05. The van der Waals surface area contributed by atoms with Crippen molar-refractivity contribution in [1.82, 2.24) is 0 Å². The predicted molar refractivity (Wildman–Crippen MR) is 85.3 cm³/mol. The number of halogens is 1. The first-order chi connectivity index (χ1) is 9.67. The van der Waals surface area contributed by atoms with Crippen LogP contribution in [0, 0.1) is 0 Å². The monoisotopic (exact) mass is 349 g/mol. The Morgan fingerprint density at radius 2 is 2.00 bits per heavy atom. The average molecular weight is 350 g/mol. The normalized spacial score (nSPS) is 10.1. The molecule has 0 spiro atoms.